The molecule has 120 valence electrons. The highest BCUT2D eigenvalue weighted by Gasteiger charge is 2.37. The fraction of sp³-hybridized carbons (Fsp3) is 0.600. The number of hydrogen-bond acceptors (Lipinski definition) is 2. The van der Waals surface area contributed by atoms with E-state index in [0.717, 1.165) is 6.07 Å². The molecule has 6 heteroatoms. The normalized spacial score (nSPS) is 16.1. The molecule has 2 nitrogen and oxygen atoms in total. The monoisotopic (exact) mass is 321 g/mol. The Hall–Kier alpha value is -0.720. The summed E-state index contributed by atoms with van der Waals surface area (Å²) in [5.74, 6) is 0. The number of hydrogen-bond donors (Lipinski definition) is 0. The molecular formula is C15H22F3NOS. The fourth-order valence-corrected chi connectivity index (χ4v) is 3.45. The summed E-state index contributed by atoms with van der Waals surface area (Å²) in [5, 5.41) is 0. The van der Waals surface area contributed by atoms with Crippen molar-refractivity contribution in [2.45, 2.75) is 51.6 Å². The molecular weight excluding hydrogens is 299 g/mol. The van der Waals surface area contributed by atoms with Crippen LogP contribution in [0.25, 0.3) is 0 Å². The maximum Gasteiger partial charge on any atom is 0.416 e. The number of alkyl halides is 3. The van der Waals surface area contributed by atoms with Crippen molar-refractivity contribution in [2.24, 2.45) is 0 Å². The highest BCUT2D eigenvalue weighted by Crippen LogP contribution is 2.36. The van der Waals surface area contributed by atoms with Crippen LogP contribution in [0.3, 0.4) is 0 Å². The molecule has 0 amide bonds. The van der Waals surface area contributed by atoms with Crippen molar-refractivity contribution in [3.05, 3.63) is 34.9 Å². The molecule has 0 bridgehead atoms. The Morgan fingerprint density at radius 2 is 1.71 bits per heavy atom. The molecule has 0 aliphatic heterocycles. The van der Waals surface area contributed by atoms with Gasteiger partial charge in [0.05, 0.1) is 11.6 Å². The molecule has 0 spiro atoms. The zero-order valence-corrected chi connectivity index (χ0v) is 14.0. The third-order valence-corrected chi connectivity index (χ3v) is 5.35. The summed E-state index contributed by atoms with van der Waals surface area (Å²) in [5.41, 5.74) is 0.0991. The Balaban J connectivity index is 3.17. The molecule has 2 atom stereocenters. The van der Waals surface area contributed by atoms with E-state index in [1.807, 2.05) is 20.8 Å². The van der Waals surface area contributed by atoms with Crippen molar-refractivity contribution in [1.29, 1.82) is 0 Å². The van der Waals surface area contributed by atoms with Gasteiger partial charge in [0.2, 0.25) is 0 Å². The molecule has 0 aliphatic rings. The molecule has 0 saturated carbocycles. The molecule has 0 heterocycles. The van der Waals surface area contributed by atoms with Gasteiger partial charge in [-0.05, 0) is 51.8 Å². The smallest absolute Gasteiger partial charge is 0.416 e. The van der Waals surface area contributed by atoms with Crippen LogP contribution in [-0.4, -0.2) is 20.7 Å². The van der Waals surface area contributed by atoms with Crippen molar-refractivity contribution >= 4 is 11.4 Å². The van der Waals surface area contributed by atoms with Crippen molar-refractivity contribution in [1.82, 2.24) is 4.31 Å². The molecule has 0 fully saturated rings. The zero-order chi connectivity index (χ0) is 16.6. The van der Waals surface area contributed by atoms with E-state index in [4.69, 9.17) is 0 Å². The van der Waals surface area contributed by atoms with Crippen LogP contribution in [0.15, 0.2) is 18.2 Å². The van der Waals surface area contributed by atoms with E-state index in [-0.39, 0.29) is 11.6 Å². The first-order valence-corrected chi connectivity index (χ1v) is 7.79. The zero-order valence-electron chi connectivity index (χ0n) is 13.2. The van der Waals surface area contributed by atoms with Crippen LogP contribution < -0.4 is 0 Å². The van der Waals surface area contributed by atoms with E-state index < -0.39 is 27.8 Å². The van der Waals surface area contributed by atoms with Gasteiger partial charge >= 0.3 is 6.18 Å². The number of halogens is 3. The Bertz CT molecular complexity index is 497. The predicted molar refractivity (Wildman–Crippen MR) is 80.3 cm³/mol. The average Bonchev–Trinajstić information content (AvgIpc) is 2.34. The Morgan fingerprint density at radius 1 is 1.19 bits per heavy atom. The van der Waals surface area contributed by atoms with E-state index in [1.54, 1.807) is 24.3 Å². The molecule has 0 radical (unpaired) electrons. The van der Waals surface area contributed by atoms with Crippen molar-refractivity contribution < 1.29 is 17.7 Å². The lowest BCUT2D eigenvalue weighted by molar-refractivity contribution is -0.138. The molecule has 0 aromatic heterocycles. The predicted octanol–water partition coefficient (Wildman–Crippen LogP) is 4.47. The molecule has 2 unspecified atom stereocenters. The topological polar surface area (TPSA) is 26.3 Å². The maximum absolute atomic E-state index is 13.0. The van der Waals surface area contributed by atoms with Crippen molar-refractivity contribution in [3.8, 4) is 0 Å². The van der Waals surface area contributed by atoms with Crippen molar-refractivity contribution in [3.63, 3.8) is 0 Å². The highest BCUT2D eigenvalue weighted by atomic mass is 32.2. The van der Waals surface area contributed by atoms with E-state index in [1.165, 1.54) is 13.0 Å². The van der Waals surface area contributed by atoms with Gasteiger partial charge in [0, 0.05) is 18.4 Å². The first-order chi connectivity index (χ1) is 9.37. The first kappa shape index (κ1) is 18.3. The van der Waals surface area contributed by atoms with Crippen LogP contribution in [0.1, 0.15) is 50.4 Å². The van der Waals surface area contributed by atoms with Crippen LogP contribution in [0.2, 0.25) is 0 Å². The first-order valence-electron chi connectivity index (χ1n) is 6.69. The third-order valence-electron chi connectivity index (χ3n) is 3.46. The second-order valence-corrected chi connectivity index (χ2v) is 8.40. The minimum atomic E-state index is -4.37. The van der Waals surface area contributed by atoms with Gasteiger partial charge < -0.3 is 4.55 Å². The summed E-state index contributed by atoms with van der Waals surface area (Å²) in [4.78, 5) is 0. The van der Waals surface area contributed by atoms with Gasteiger partial charge in [-0.25, -0.2) is 0 Å². The maximum atomic E-state index is 13.0. The summed E-state index contributed by atoms with van der Waals surface area (Å²) >= 11 is -1.30. The second-order valence-electron chi connectivity index (χ2n) is 6.10. The Labute approximate surface area is 127 Å². The van der Waals surface area contributed by atoms with Crippen molar-refractivity contribution in [2.75, 3.05) is 7.05 Å². The minimum Gasteiger partial charge on any atom is -0.597 e. The highest BCUT2D eigenvalue weighted by molar-refractivity contribution is 7.90. The molecule has 0 aliphatic carbocycles. The molecule has 1 rings (SSSR count). The summed E-state index contributed by atoms with van der Waals surface area (Å²) in [6.07, 6.45) is -4.37. The number of benzene rings is 1. The largest absolute Gasteiger partial charge is 0.597 e. The van der Waals surface area contributed by atoms with Gasteiger partial charge in [0.15, 0.2) is 0 Å². The third kappa shape index (κ3) is 4.14. The summed E-state index contributed by atoms with van der Waals surface area (Å²) in [6.45, 7) is 8.75. The molecule has 0 N–H and O–H groups in total. The molecule has 0 saturated heterocycles. The summed E-state index contributed by atoms with van der Waals surface area (Å²) in [6, 6.07) is 3.76. The lowest BCUT2D eigenvalue weighted by atomic mass is 9.97. The van der Waals surface area contributed by atoms with Crippen LogP contribution in [0.4, 0.5) is 13.2 Å². The Morgan fingerprint density at radius 3 is 2.14 bits per heavy atom. The van der Waals surface area contributed by atoms with Gasteiger partial charge in [-0.3, -0.25) is 0 Å². The van der Waals surface area contributed by atoms with Crippen LogP contribution >= 0.6 is 0 Å². The van der Waals surface area contributed by atoms with Gasteiger partial charge in [-0.15, -0.1) is 4.31 Å². The van der Waals surface area contributed by atoms with Gasteiger partial charge in [-0.2, -0.15) is 13.2 Å². The SMILES string of the molecule is Cc1c(C(C)N(C)[S+]([O-])C(C)(C)C)cccc1C(F)(F)F. The van der Waals surface area contributed by atoms with E-state index >= 15 is 0 Å². The van der Waals surface area contributed by atoms with E-state index in [9.17, 15) is 17.7 Å². The van der Waals surface area contributed by atoms with Crippen LogP contribution in [0, 0.1) is 6.92 Å². The van der Waals surface area contributed by atoms with Gasteiger partial charge in [-0.1, -0.05) is 12.1 Å². The molecule has 1 aromatic rings. The second kappa shape index (κ2) is 6.18. The minimum absolute atomic E-state index is 0.190. The lowest BCUT2D eigenvalue weighted by Crippen LogP contribution is -2.42. The number of rotatable bonds is 3. The van der Waals surface area contributed by atoms with E-state index in [2.05, 4.69) is 0 Å². The average molecular weight is 321 g/mol. The van der Waals surface area contributed by atoms with Gasteiger partial charge in [0.25, 0.3) is 0 Å². The standard InChI is InChI=1S/C15H22F3NOS/c1-10-12(8-7-9-13(10)15(16,17)18)11(2)19(6)21(20)14(3,4)5/h7-9,11H,1-6H3. The van der Waals surface area contributed by atoms with Gasteiger partial charge in [0.1, 0.15) is 4.75 Å². The molecule has 1 aromatic carbocycles. The summed E-state index contributed by atoms with van der Waals surface area (Å²) in [7, 11) is 1.67. The quantitative estimate of drug-likeness (QED) is 0.768. The molecule has 21 heavy (non-hydrogen) atoms. The van der Waals surface area contributed by atoms with E-state index in [0.29, 0.717) is 5.56 Å². The Kier molecular flexibility index (Phi) is 5.40. The number of nitrogens with zero attached hydrogens (tertiary/aromatic N) is 1. The van der Waals surface area contributed by atoms with Crippen LogP contribution in [-0.2, 0) is 17.5 Å². The summed E-state index contributed by atoms with van der Waals surface area (Å²) < 4.78 is 52.4. The fourth-order valence-electron chi connectivity index (χ4n) is 2.18. The van der Waals surface area contributed by atoms with Crippen LogP contribution in [0.5, 0.6) is 0 Å². The lowest BCUT2D eigenvalue weighted by Gasteiger charge is -2.34.